The van der Waals surface area contributed by atoms with Gasteiger partial charge in [0.25, 0.3) is 16.8 Å². The highest BCUT2D eigenvalue weighted by Gasteiger charge is 2.46. The number of nitrogens with zero attached hydrogens (tertiary/aromatic N) is 3. The lowest BCUT2D eigenvalue weighted by molar-refractivity contribution is -0.385. The lowest BCUT2D eigenvalue weighted by Crippen LogP contribution is -2.50. The Kier molecular flexibility index (Phi) is 10.9. The maximum absolute atomic E-state index is 14.0. The number of nitro groups is 1. The number of aliphatic hydroxyl groups is 2. The average Bonchev–Trinajstić information content (AvgIpc) is 3.19. The number of non-ortho nitro benzene ring substituents is 1. The molecule has 12 heteroatoms. The summed E-state index contributed by atoms with van der Waals surface area (Å²) in [6.07, 6.45) is 1.36. The zero-order chi connectivity index (χ0) is 41.4. The first kappa shape index (κ1) is 39.8. The van der Waals surface area contributed by atoms with E-state index < -0.39 is 46.0 Å². The Morgan fingerprint density at radius 1 is 0.621 bits per heavy atom. The van der Waals surface area contributed by atoms with Crippen molar-refractivity contribution in [2.45, 2.75) is 76.0 Å². The molecule has 0 saturated heterocycles. The normalized spacial score (nSPS) is 19.9. The lowest BCUT2D eigenvalue weighted by Gasteiger charge is -2.42. The van der Waals surface area contributed by atoms with Gasteiger partial charge in [0.2, 0.25) is 0 Å². The van der Waals surface area contributed by atoms with Gasteiger partial charge in [0.15, 0.2) is 0 Å². The quantitative estimate of drug-likeness (QED) is 0.128. The minimum absolute atomic E-state index is 0.116. The van der Waals surface area contributed by atoms with Gasteiger partial charge < -0.3 is 28.8 Å². The predicted octanol–water partition coefficient (Wildman–Crippen LogP) is 7.17. The first-order valence-corrected chi connectivity index (χ1v) is 18.9. The molecule has 4 atom stereocenters. The first-order valence-electron chi connectivity index (χ1n) is 18.9. The van der Waals surface area contributed by atoms with E-state index in [0.29, 0.717) is 46.8 Å². The highest BCUT2D eigenvalue weighted by molar-refractivity contribution is 5.52. The molecule has 0 aliphatic carbocycles. The van der Waals surface area contributed by atoms with Crippen molar-refractivity contribution in [1.82, 2.24) is 9.13 Å². The first-order chi connectivity index (χ1) is 27.6. The number of nitro benzene ring substituents is 1. The van der Waals surface area contributed by atoms with Gasteiger partial charge in [-0.25, -0.2) is 4.39 Å². The third-order valence-electron chi connectivity index (χ3n) is 10.8. The molecule has 2 N–H and O–H groups in total. The van der Waals surface area contributed by atoms with Gasteiger partial charge in [0.1, 0.15) is 40.7 Å². The van der Waals surface area contributed by atoms with Crippen LogP contribution < -0.4 is 20.6 Å². The van der Waals surface area contributed by atoms with E-state index in [2.05, 4.69) is 0 Å². The molecule has 2 aromatic heterocycles. The number of hydrogen-bond donors (Lipinski definition) is 2. The van der Waals surface area contributed by atoms with Crippen molar-refractivity contribution in [1.29, 1.82) is 0 Å². The highest BCUT2D eigenvalue weighted by atomic mass is 19.1. The molecule has 4 unspecified atom stereocenters. The maximum atomic E-state index is 14.0. The summed E-state index contributed by atoms with van der Waals surface area (Å²) in [4.78, 5) is 37.4. The van der Waals surface area contributed by atoms with E-state index >= 15 is 0 Å². The number of ether oxygens (including phenoxy) is 2. The molecule has 8 rings (SSSR count). The van der Waals surface area contributed by atoms with E-state index in [1.165, 1.54) is 30.3 Å². The number of benzene rings is 4. The SMILES string of the molecule is CC1(C)Oc2ccc(F)cc2C(c2cccn(Cc3ccccc3)c2=O)C1O.CC1(C)Oc2ccc([N+](=O)[O-])cc2C(c2cccn(Cc3ccccc3)c2=O)C1O. The van der Waals surface area contributed by atoms with Crippen LogP contribution in [-0.4, -0.2) is 47.7 Å². The molecular formula is C46H44FN3O8. The second kappa shape index (κ2) is 15.9. The van der Waals surface area contributed by atoms with Gasteiger partial charge in [-0.3, -0.25) is 19.7 Å². The number of fused-ring (bicyclic) bond motifs is 2. The van der Waals surface area contributed by atoms with Crippen LogP contribution in [0.5, 0.6) is 11.5 Å². The summed E-state index contributed by atoms with van der Waals surface area (Å²) in [6, 6.07) is 34.7. The molecule has 6 aromatic rings. The molecule has 2 aliphatic heterocycles. The van der Waals surface area contributed by atoms with Crippen molar-refractivity contribution in [2.24, 2.45) is 0 Å². The van der Waals surface area contributed by atoms with Crippen LogP contribution in [0, 0.1) is 15.9 Å². The molecule has 4 aromatic carbocycles. The maximum Gasteiger partial charge on any atom is 0.269 e. The number of halogens is 1. The topological polar surface area (TPSA) is 146 Å². The molecule has 0 bridgehead atoms. The van der Waals surface area contributed by atoms with Crippen molar-refractivity contribution in [3.8, 4) is 11.5 Å². The summed E-state index contributed by atoms with van der Waals surface area (Å²) >= 11 is 0. The molecule has 0 saturated carbocycles. The fourth-order valence-electron chi connectivity index (χ4n) is 7.74. The third kappa shape index (κ3) is 7.93. The standard InChI is InChI=1S/C23H22FNO3.C23H22N2O5/c1-23(2)21(26)20(18-13-16(24)10-11-19(18)28-23)17-9-6-12-25(22(17)27)14-15-7-4-3-5-8-15;1-23(2)21(26)20(18-13-16(25(28)29)10-11-19(18)30-23)17-9-6-12-24(22(17)27)14-15-7-4-3-5-8-15/h3-13,20-21,26H,14H2,1-2H3;3-13,20-21,26H,14H2,1-2H3. The summed E-state index contributed by atoms with van der Waals surface area (Å²) in [5.41, 5.74) is 1.24. The number of hydrogen-bond acceptors (Lipinski definition) is 8. The molecular weight excluding hydrogens is 742 g/mol. The number of rotatable bonds is 7. The van der Waals surface area contributed by atoms with Gasteiger partial charge in [-0.1, -0.05) is 72.8 Å². The Balaban J connectivity index is 0.000000177. The van der Waals surface area contributed by atoms with Gasteiger partial charge in [-0.15, -0.1) is 0 Å². The van der Waals surface area contributed by atoms with Crippen molar-refractivity contribution in [3.63, 3.8) is 0 Å². The second-order valence-electron chi connectivity index (χ2n) is 15.7. The summed E-state index contributed by atoms with van der Waals surface area (Å²) < 4.78 is 28.9. The van der Waals surface area contributed by atoms with Gasteiger partial charge in [0.05, 0.1) is 18.0 Å². The van der Waals surface area contributed by atoms with Gasteiger partial charge in [-0.2, -0.15) is 0 Å². The van der Waals surface area contributed by atoms with Crippen LogP contribution in [0.15, 0.2) is 143 Å². The van der Waals surface area contributed by atoms with Crippen LogP contribution >= 0.6 is 0 Å². The summed E-state index contributed by atoms with van der Waals surface area (Å²) in [7, 11) is 0. The molecule has 11 nitrogen and oxygen atoms in total. The minimum Gasteiger partial charge on any atom is -0.485 e. The van der Waals surface area contributed by atoms with Crippen LogP contribution in [0.3, 0.4) is 0 Å². The van der Waals surface area contributed by atoms with Crippen molar-refractivity contribution >= 4 is 5.69 Å². The lowest BCUT2D eigenvalue weighted by atomic mass is 9.77. The molecule has 0 radical (unpaired) electrons. The molecule has 0 fully saturated rings. The summed E-state index contributed by atoms with van der Waals surface area (Å²) in [6.45, 7) is 7.82. The van der Waals surface area contributed by atoms with Crippen LogP contribution in [0.25, 0.3) is 0 Å². The third-order valence-corrected chi connectivity index (χ3v) is 10.8. The van der Waals surface area contributed by atoms with E-state index in [9.17, 15) is 34.3 Å². The summed E-state index contributed by atoms with van der Waals surface area (Å²) in [5.74, 6) is -0.942. The Bertz CT molecular complexity index is 2570. The fourth-order valence-corrected chi connectivity index (χ4v) is 7.74. The van der Waals surface area contributed by atoms with Gasteiger partial charge >= 0.3 is 0 Å². The van der Waals surface area contributed by atoms with Crippen molar-refractivity contribution < 1.29 is 29.0 Å². The Morgan fingerprint density at radius 2 is 1.05 bits per heavy atom. The van der Waals surface area contributed by atoms with Crippen LogP contribution in [0.1, 0.15) is 72.9 Å². The van der Waals surface area contributed by atoms with Crippen molar-refractivity contribution in [3.05, 3.63) is 204 Å². The van der Waals surface area contributed by atoms with E-state index in [0.717, 1.165) is 11.1 Å². The number of aliphatic hydroxyl groups excluding tert-OH is 2. The average molecular weight is 786 g/mol. The van der Waals surface area contributed by atoms with E-state index in [-0.39, 0.29) is 16.8 Å². The zero-order valence-corrected chi connectivity index (χ0v) is 32.5. The smallest absolute Gasteiger partial charge is 0.269 e. The minimum atomic E-state index is -1.06. The Labute approximate surface area is 334 Å². The molecule has 0 amide bonds. The fraction of sp³-hybridized carbons (Fsp3) is 0.261. The Morgan fingerprint density at radius 3 is 1.50 bits per heavy atom. The molecule has 58 heavy (non-hydrogen) atoms. The van der Waals surface area contributed by atoms with Crippen LogP contribution in [-0.2, 0) is 13.1 Å². The number of pyridine rings is 2. The molecule has 298 valence electrons. The van der Waals surface area contributed by atoms with E-state index in [1.54, 1.807) is 79.6 Å². The van der Waals surface area contributed by atoms with E-state index in [4.69, 9.17) is 9.47 Å². The van der Waals surface area contributed by atoms with Gasteiger partial charge in [0, 0.05) is 58.6 Å². The monoisotopic (exact) mass is 785 g/mol. The molecule has 0 spiro atoms. The zero-order valence-electron chi connectivity index (χ0n) is 32.5. The molecule has 2 aliphatic rings. The number of aromatic nitrogens is 2. The van der Waals surface area contributed by atoms with E-state index in [1.807, 2.05) is 60.7 Å². The predicted molar refractivity (Wildman–Crippen MR) is 217 cm³/mol. The second-order valence-corrected chi connectivity index (χ2v) is 15.7. The summed E-state index contributed by atoms with van der Waals surface area (Å²) in [5, 5.41) is 33.4. The highest BCUT2D eigenvalue weighted by Crippen LogP contribution is 2.46. The largest absolute Gasteiger partial charge is 0.485 e. The van der Waals surface area contributed by atoms with Crippen LogP contribution in [0.4, 0.5) is 10.1 Å². The van der Waals surface area contributed by atoms with Gasteiger partial charge in [-0.05, 0) is 75.2 Å². The van der Waals surface area contributed by atoms with Crippen LogP contribution in [0.2, 0.25) is 0 Å². The Hall–Kier alpha value is -6.37. The molecule has 4 heterocycles. The van der Waals surface area contributed by atoms with Crippen molar-refractivity contribution in [2.75, 3.05) is 0 Å².